The largest absolute Gasteiger partial charge is 0.490 e. The highest BCUT2D eigenvalue weighted by Crippen LogP contribution is 2.29. The summed E-state index contributed by atoms with van der Waals surface area (Å²) in [4.78, 5) is 11.0. The standard InChI is InChI=1S/C16H26N2O3/c1-5-20-15-8-13(9-18-11(2)3)6-7-14(15)21-10-12(4)16(17)19/h6-8,11-12,18H,5,9-10H2,1-4H3,(H2,17,19). The molecule has 0 aliphatic carbocycles. The molecule has 21 heavy (non-hydrogen) atoms. The highest BCUT2D eigenvalue weighted by Gasteiger charge is 2.12. The van der Waals surface area contributed by atoms with Gasteiger partial charge in [0.25, 0.3) is 0 Å². The summed E-state index contributed by atoms with van der Waals surface area (Å²) in [6, 6.07) is 6.24. The van der Waals surface area contributed by atoms with Gasteiger partial charge in [-0.1, -0.05) is 26.8 Å². The average Bonchev–Trinajstić information content (AvgIpc) is 2.43. The number of carbonyl (C=O) groups excluding carboxylic acids is 1. The number of benzene rings is 1. The zero-order chi connectivity index (χ0) is 15.8. The van der Waals surface area contributed by atoms with Gasteiger partial charge in [-0.3, -0.25) is 4.79 Å². The van der Waals surface area contributed by atoms with Gasteiger partial charge in [-0.15, -0.1) is 0 Å². The number of nitrogens with one attached hydrogen (secondary N) is 1. The minimum absolute atomic E-state index is 0.249. The summed E-state index contributed by atoms with van der Waals surface area (Å²) < 4.78 is 11.3. The van der Waals surface area contributed by atoms with Crippen molar-refractivity contribution in [2.45, 2.75) is 40.3 Å². The molecule has 0 radical (unpaired) electrons. The molecule has 0 saturated carbocycles. The van der Waals surface area contributed by atoms with Gasteiger partial charge in [-0.2, -0.15) is 0 Å². The second-order valence-corrected chi connectivity index (χ2v) is 5.36. The fourth-order valence-corrected chi connectivity index (χ4v) is 1.67. The van der Waals surface area contributed by atoms with Crippen LogP contribution in [-0.4, -0.2) is 25.2 Å². The van der Waals surface area contributed by atoms with Crippen molar-refractivity contribution in [3.05, 3.63) is 23.8 Å². The molecule has 0 heterocycles. The Hall–Kier alpha value is -1.75. The Kier molecular flexibility index (Phi) is 7.02. The molecule has 0 aromatic heterocycles. The molecule has 1 amide bonds. The Balaban J connectivity index is 2.76. The van der Waals surface area contributed by atoms with Gasteiger partial charge in [0.2, 0.25) is 5.91 Å². The van der Waals surface area contributed by atoms with Crippen LogP contribution in [0.3, 0.4) is 0 Å². The number of rotatable bonds is 9. The summed E-state index contributed by atoms with van der Waals surface area (Å²) >= 11 is 0. The van der Waals surface area contributed by atoms with E-state index in [-0.39, 0.29) is 18.4 Å². The third-order valence-electron chi connectivity index (χ3n) is 3.00. The fraction of sp³-hybridized carbons (Fsp3) is 0.562. The molecule has 5 heteroatoms. The van der Waals surface area contributed by atoms with Crippen molar-refractivity contribution in [2.75, 3.05) is 13.2 Å². The van der Waals surface area contributed by atoms with Crippen molar-refractivity contribution < 1.29 is 14.3 Å². The molecule has 0 spiro atoms. The van der Waals surface area contributed by atoms with Gasteiger partial charge in [-0.25, -0.2) is 0 Å². The van der Waals surface area contributed by atoms with Gasteiger partial charge < -0.3 is 20.5 Å². The second kappa shape index (κ2) is 8.52. The summed E-state index contributed by atoms with van der Waals surface area (Å²) in [6.07, 6.45) is 0. The maximum absolute atomic E-state index is 11.0. The molecule has 118 valence electrons. The summed E-state index contributed by atoms with van der Waals surface area (Å²) in [7, 11) is 0. The minimum Gasteiger partial charge on any atom is -0.490 e. The van der Waals surface area contributed by atoms with Gasteiger partial charge in [0.05, 0.1) is 19.1 Å². The predicted octanol–water partition coefficient (Wildman–Crippen LogP) is 2.08. The first-order valence-electron chi connectivity index (χ1n) is 7.35. The highest BCUT2D eigenvalue weighted by atomic mass is 16.5. The molecule has 0 fully saturated rings. The van der Waals surface area contributed by atoms with E-state index in [0.29, 0.717) is 24.1 Å². The number of ether oxygens (including phenoxy) is 2. The van der Waals surface area contributed by atoms with Crippen molar-refractivity contribution in [1.29, 1.82) is 0 Å². The summed E-state index contributed by atoms with van der Waals surface area (Å²) in [6.45, 7) is 9.45. The molecule has 1 unspecified atom stereocenters. The van der Waals surface area contributed by atoms with Crippen LogP contribution in [0.4, 0.5) is 0 Å². The molecule has 3 N–H and O–H groups in total. The van der Waals surface area contributed by atoms with E-state index in [0.717, 1.165) is 12.1 Å². The van der Waals surface area contributed by atoms with Gasteiger partial charge in [-0.05, 0) is 24.6 Å². The quantitative estimate of drug-likeness (QED) is 0.731. The smallest absolute Gasteiger partial charge is 0.223 e. The SMILES string of the molecule is CCOc1cc(CNC(C)C)ccc1OCC(C)C(N)=O. The first-order valence-corrected chi connectivity index (χ1v) is 7.35. The average molecular weight is 294 g/mol. The Labute approximate surface area is 126 Å². The summed E-state index contributed by atoms with van der Waals surface area (Å²) in [5.41, 5.74) is 6.36. The van der Waals surface area contributed by atoms with E-state index in [1.54, 1.807) is 6.92 Å². The Morgan fingerprint density at radius 2 is 1.95 bits per heavy atom. The molecule has 0 aliphatic heterocycles. The van der Waals surface area contributed by atoms with Crippen LogP contribution >= 0.6 is 0 Å². The van der Waals surface area contributed by atoms with E-state index < -0.39 is 0 Å². The molecular formula is C16H26N2O3. The van der Waals surface area contributed by atoms with Crippen LogP contribution < -0.4 is 20.5 Å². The number of amides is 1. The van der Waals surface area contributed by atoms with Crippen molar-refractivity contribution in [2.24, 2.45) is 11.7 Å². The first kappa shape index (κ1) is 17.3. The molecule has 1 aromatic carbocycles. The molecule has 5 nitrogen and oxygen atoms in total. The third kappa shape index (κ3) is 6.04. The van der Waals surface area contributed by atoms with E-state index in [9.17, 15) is 4.79 Å². The van der Waals surface area contributed by atoms with Crippen molar-refractivity contribution in [3.8, 4) is 11.5 Å². The Morgan fingerprint density at radius 3 is 2.52 bits per heavy atom. The lowest BCUT2D eigenvalue weighted by Gasteiger charge is -2.16. The Bertz CT molecular complexity index is 461. The maximum Gasteiger partial charge on any atom is 0.223 e. The van der Waals surface area contributed by atoms with E-state index in [4.69, 9.17) is 15.2 Å². The third-order valence-corrected chi connectivity index (χ3v) is 3.00. The molecule has 0 aliphatic rings. The Morgan fingerprint density at radius 1 is 1.24 bits per heavy atom. The van der Waals surface area contributed by atoms with Crippen LogP contribution in [0.25, 0.3) is 0 Å². The van der Waals surface area contributed by atoms with Crippen molar-refractivity contribution in [3.63, 3.8) is 0 Å². The van der Waals surface area contributed by atoms with Crippen LogP contribution in [0.15, 0.2) is 18.2 Å². The lowest BCUT2D eigenvalue weighted by atomic mass is 10.1. The lowest BCUT2D eigenvalue weighted by Crippen LogP contribution is -2.26. The van der Waals surface area contributed by atoms with E-state index in [1.807, 2.05) is 25.1 Å². The topological polar surface area (TPSA) is 73.6 Å². The van der Waals surface area contributed by atoms with Crippen molar-refractivity contribution in [1.82, 2.24) is 5.32 Å². The molecule has 1 atom stereocenters. The first-order chi connectivity index (χ1) is 9.93. The number of hydrogen-bond acceptors (Lipinski definition) is 4. The van der Waals surface area contributed by atoms with E-state index in [2.05, 4.69) is 19.2 Å². The molecule has 1 rings (SSSR count). The number of primary amides is 1. The number of nitrogens with two attached hydrogens (primary N) is 1. The second-order valence-electron chi connectivity index (χ2n) is 5.36. The van der Waals surface area contributed by atoms with Crippen LogP contribution in [0.5, 0.6) is 11.5 Å². The van der Waals surface area contributed by atoms with Crippen molar-refractivity contribution >= 4 is 5.91 Å². The molecular weight excluding hydrogens is 268 g/mol. The van der Waals surface area contributed by atoms with Crippen LogP contribution in [0, 0.1) is 5.92 Å². The van der Waals surface area contributed by atoms with Gasteiger partial charge in [0.15, 0.2) is 11.5 Å². The normalized spacial score (nSPS) is 12.2. The molecule has 1 aromatic rings. The zero-order valence-electron chi connectivity index (χ0n) is 13.3. The van der Waals surface area contributed by atoms with Gasteiger partial charge in [0.1, 0.15) is 0 Å². The molecule has 0 bridgehead atoms. The van der Waals surface area contributed by atoms with Gasteiger partial charge in [0, 0.05) is 12.6 Å². The van der Waals surface area contributed by atoms with Crippen LogP contribution in [0.2, 0.25) is 0 Å². The monoisotopic (exact) mass is 294 g/mol. The number of hydrogen-bond donors (Lipinski definition) is 2. The van der Waals surface area contributed by atoms with Crippen LogP contribution in [0.1, 0.15) is 33.3 Å². The predicted molar refractivity (Wildman–Crippen MR) is 83.4 cm³/mol. The zero-order valence-corrected chi connectivity index (χ0v) is 13.3. The minimum atomic E-state index is -0.370. The van der Waals surface area contributed by atoms with Crippen LogP contribution in [-0.2, 0) is 11.3 Å². The number of carbonyl (C=O) groups is 1. The lowest BCUT2D eigenvalue weighted by molar-refractivity contribution is -0.122. The van der Waals surface area contributed by atoms with E-state index >= 15 is 0 Å². The summed E-state index contributed by atoms with van der Waals surface area (Å²) in [5.74, 6) is 0.628. The fourth-order valence-electron chi connectivity index (χ4n) is 1.67. The summed E-state index contributed by atoms with van der Waals surface area (Å²) in [5, 5.41) is 3.36. The van der Waals surface area contributed by atoms with Gasteiger partial charge >= 0.3 is 0 Å². The molecule has 0 saturated heterocycles. The van der Waals surface area contributed by atoms with E-state index in [1.165, 1.54) is 0 Å². The maximum atomic E-state index is 11.0. The highest BCUT2D eigenvalue weighted by molar-refractivity contribution is 5.76.